The Kier molecular flexibility index (Phi) is 3.63. The fraction of sp³-hybridized carbons (Fsp3) is 0.368. The predicted octanol–water partition coefficient (Wildman–Crippen LogP) is 3.18. The van der Waals surface area contributed by atoms with E-state index < -0.39 is 0 Å². The van der Waals surface area contributed by atoms with Crippen molar-refractivity contribution in [3.05, 3.63) is 47.3 Å². The Morgan fingerprint density at radius 2 is 2.12 bits per heavy atom. The molecule has 1 atom stereocenters. The Labute approximate surface area is 141 Å². The van der Waals surface area contributed by atoms with Crippen molar-refractivity contribution in [3.8, 4) is 11.5 Å². The van der Waals surface area contributed by atoms with Crippen LogP contribution in [0.15, 0.2) is 30.5 Å². The first-order valence-corrected chi connectivity index (χ1v) is 8.20. The zero-order chi connectivity index (χ0) is 16.7. The number of nitrogens with zero attached hydrogens (tertiary/aromatic N) is 2. The maximum atomic E-state index is 12.2. The van der Waals surface area contributed by atoms with Crippen LogP contribution in [0.3, 0.4) is 0 Å². The molecule has 124 valence electrons. The largest absolute Gasteiger partial charge is 0.493 e. The number of hydrogen-bond acceptors (Lipinski definition) is 5. The SMILES string of the molecule is COc1ccnc(CN2CC3CCC(=O)c4cccc2c43)c1OC. The van der Waals surface area contributed by atoms with E-state index in [4.69, 9.17) is 9.47 Å². The van der Waals surface area contributed by atoms with E-state index in [1.807, 2.05) is 12.1 Å². The van der Waals surface area contributed by atoms with Crippen molar-refractivity contribution in [1.29, 1.82) is 0 Å². The lowest BCUT2D eigenvalue weighted by molar-refractivity contribution is 0.0968. The number of carbonyl (C=O) groups is 1. The maximum absolute atomic E-state index is 12.2. The van der Waals surface area contributed by atoms with Gasteiger partial charge in [0.25, 0.3) is 0 Å². The highest BCUT2D eigenvalue weighted by Gasteiger charge is 2.36. The minimum absolute atomic E-state index is 0.266. The van der Waals surface area contributed by atoms with E-state index in [1.165, 1.54) is 5.56 Å². The lowest BCUT2D eigenvalue weighted by Gasteiger charge is -2.21. The normalized spacial score (nSPS) is 18.5. The molecule has 1 unspecified atom stereocenters. The second kappa shape index (κ2) is 5.82. The van der Waals surface area contributed by atoms with Crippen molar-refractivity contribution in [2.24, 2.45) is 0 Å². The van der Waals surface area contributed by atoms with Gasteiger partial charge in [0, 0.05) is 42.4 Å². The molecule has 4 rings (SSSR count). The fourth-order valence-corrected chi connectivity index (χ4v) is 3.93. The molecule has 1 aliphatic carbocycles. The van der Waals surface area contributed by atoms with Gasteiger partial charge >= 0.3 is 0 Å². The molecule has 2 heterocycles. The van der Waals surface area contributed by atoms with Crippen molar-refractivity contribution in [1.82, 2.24) is 4.98 Å². The number of aromatic nitrogens is 1. The number of benzene rings is 1. The summed E-state index contributed by atoms with van der Waals surface area (Å²) >= 11 is 0. The third-order valence-electron chi connectivity index (χ3n) is 5.00. The molecular formula is C19H20N2O3. The van der Waals surface area contributed by atoms with Gasteiger partial charge in [-0.15, -0.1) is 0 Å². The minimum Gasteiger partial charge on any atom is -0.493 e. The van der Waals surface area contributed by atoms with Crippen LogP contribution in [-0.2, 0) is 6.54 Å². The van der Waals surface area contributed by atoms with Crippen LogP contribution in [-0.4, -0.2) is 31.5 Å². The number of rotatable bonds is 4. The van der Waals surface area contributed by atoms with Crippen LogP contribution in [0.25, 0.3) is 0 Å². The molecule has 0 fully saturated rings. The standard InChI is InChI=1S/C19H20N2O3/c1-23-17-8-9-20-14(19(17)24-2)11-21-10-12-6-7-16(22)13-4-3-5-15(21)18(12)13/h3-5,8-9,12H,6-7,10-11H2,1-2H3. The number of ether oxygens (including phenoxy) is 2. The predicted molar refractivity (Wildman–Crippen MR) is 91.1 cm³/mol. The van der Waals surface area contributed by atoms with Crippen LogP contribution in [0.1, 0.15) is 40.4 Å². The molecule has 1 aromatic heterocycles. The molecule has 0 amide bonds. The first-order chi connectivity index (χ1) is 11.7. The van der Waals surface area contributed by atoms with Crippen LogP contribution in [0, 0.1) is 0 Å². The second-order valence-corrected chi connectivity index (χ2v) is 6.27. The molecule has 5 heteroatoms. The number of carbonyl (C=O) groups excluding carboxylic acids is 1. The quantitative estimate of drug-likeness (QED) is 0.864. The molecule has 1 aliphatic heterocycles. The molecule has 0 N–H and O–H groups in total. The number of ketones is 1. The molecule has 24 heavy (non-hydrogen) atoms. The van der Waals surface area contributed by atoms with E-state index in [1.54, 1.807) is 26.5 Å². The van der Waals surface area contributed by atoms with E-state index in [0.29, 0.717) is 30.4 Å². The molecule has 0 saturated heterocycles. The number of Topliss-reactive ketones (excluding diaryl/α,β-unsaturated/α-hetero) is 1. The van der Waals surface area contributed by atoms with Crippen LogP contribution in [0.2, 0.25) is 0 Å². The Hall–Kier alpha value is -2.56. The lowest BCUT2D eigenvalue weighted by atomic mass is 9.83. The Morgan fingerprint density at radius 3 is 2.92 bits per heavy atom. The van der Waals surface area contributed by atoms with Gasteiger partial charge in [-0.3, -0.25) is 9.78 Å². The average molecular weight is 324 g/mol. The highest BCUT2D eigenvalue weighted by molar-refractivity contribution is 6.01. The minimum atomic E-state index is 0.266. The van der Waals surface area contributed by atoms with Gasteiger partial charge in [-0.05, 0) is 18.1 Å². The summed E-state index contributed by atoms with van der Waals surface area (Å²) in [7, 11) is 3.26. The number of methoxy groups -OCH3 is 2. The Bertz CT molecular complexity index is 803. The summed E-state index contributed by atoms with van der Waals surface area (Å²) in [6.07, 6.45) is 3.32. The highest BCUT2D eigenvalue weighted by Crippen LogP contribution is 2.45. The molecule has 0 bridgehead atoms. The van der Waals surface area contributed by atoms with Gasteiger partial charge in [0.15, 0.2) is 17.3 Å². The third kappa shape index (κ3) is 2.23. The summed E-state index contributed by atoms with van der Waals surface area (Å²) in [6.45, 7) is 1.56. The Balaban J connectivity index is 1.71. The molecule has 2 aliphatic rings. The number of hydrogen-bond donors (Lipinski definition) is 0. The highest BCUT2D eigenvalue weighted by atomic mass is 16.5. The molecule has 0 radical (unpaired) electrons. The van der Waals surface area contributed by atoms with Crippen LogP contribution in [0.4, 0.5) is 5.69 Å². The summed E-state index contributed by atoms with van der Waals surface area (Å²) in [5.41, 5.74) is 4.11. The van der Waals surface area contributed by atoms with Crippen LogP contribution >= 0.6 is 0 Å². The molecule has 2 aromatic rings. The smallest absolute Gasteiger partial charge is 0.184 e. The van der Waals surface area contributed by atoms with Crippen molar-refractivity contribution in [3.63, 3.8) is 0 Å². The first kappa shape index (κ1) is 15.0. The van der Waals surface area contributed by atoms with E-state index >= 15 is 0 Å². The molecular weight excluding hydrogens is 304 g/mol. The van der Waals surface area contributed by atoms with E-state index in [-0.39, 0.29) is 5.78 Å². The van der Waals surface area contributed by atoms with E-state index in [9.17, 15) is 4.79 Å². The average Bonchev–Trinajstić information content (AvgIpc) is 2.97. The van der Waals surface area contributed by atoms with Gasteiger partial charge in [-0.1, -0.05) is 12.1 Å². The van der Waals surface area contributed by atoms with Gasteiger partial charge in [0.2, 0.25) is 0 Å². The van der Waals surface area contributed by atoms with E-state index in [0.717, 1.165) is 29.9 Å². The van der Waals surface area contributed by atoms with Gasteiger partial charge in [-0.25, -0.2) is 0 Å². The summed E-state index contributed by atoms with van der Waals surface area (Å²) in [4.78, 5) is 19.0. The van der Waals surface area contributed by atoms with Gasteiger partial charge in [-0.2, -0.15) is 0 Å². The summed E-state index contributed by atoms with van der Waals surface area (Å²) < 4.78 is 10.9. The van der Waals surface area contributed by atoms with Crippen molar-refractivity contribution in [2.75, 3.05) is 25.7 Å². The lowest BCUT2D eigenvalue weighted by Crippen LogP contribution is -2.23. The molecule has 1 aromatic carbocycles. The van der Waals surface area contributed by atoms with Crippen LogP contribution in [0.5, 0.6) is 11.5 Å². The van der Waals surface area contributed by atoms with Gasteiger partial charge < -0.3 is 14.4 Å². The van der Waals surface area contributed by atoms with E-state index in [2.05, 4.69) is 16.0 Å². The number of anilines is 1. The van der Waals surface area contributed by atoms with Gasteiger partial charge in [0.05, 0.1) is 20.8 Å². The van der Waals surface area contributed by atoms with Crippen LogP contribution < -0.4 is 14.4 Å². The maximum Gasteiger partial charge on any atom is 0.184 e. The fourth-order valence-electron chi connectivity index (χ4n) is 3.93. The number of pyridine rings is 1. The molecule has 5 nitrogen and oxygen atoms in total. The topological polar surface area (TPSA) is 51.7 Å². The van der Waals surface area contributed by atoms with Crippen molar-refractivity contribution in [2.45, 2.75) is 25.3 Å². The van der Waals surface area contributed by atoms with Crippen molar-refractivity contribution >= 4 is 11.5 Å². The first-order valence-electron chi connectivity index (χ1n) is 8.20. The molecule has 0 spiro atoms. The zero-order valence-corrected chi connectivity index (χ0v) is 13.9. The van der Waals surface area contributed by atoms with Gasteiger partial charge in [0.1, 0.15) is 5.69 Å². The van der Waals surface area contributed by atoms with Crippen molar-refractivity contribution < 1.29 is 14.3 Å². The second-order valence-electron chi connectivity index (χ2n) is 6.27. The molecule has 0 saturated carbocycles. The zero-order valence-electron chi connectivity index (χ0n) is 13.9. The summed E-state index contributed by atoms with van der Waals surface area (Å²) in [5.74, 6) is 2.06. The summed E-state index contributed by atoms with van der Waals surface area (Å²) in [6, 6.07) is 7.84. The Morgan fingerprint density at radius 1 is 1.25 bits per heavy atom. The monoisotopic (exact) mass is 324 g/mol. The summed E-state index contributed by atoms with van der Waals surface area (Å²) in [5, 5.41) is 0. The third-order valence-corrected chi connectivity index (χ3v) is 5.00.